The van der Waals surface area contributed by atoms with Gasteiger partial charge in [0.05, 0.1) is 12.6 Å². The zero-order valence-corrected chi connectivity index (χ0v) is 15.0. The Bertz CT molecular complexity index is 716. The number of nitrogens with one attached hydrogen (secondary N) is 2. The van der Waals surface area contributed by atoms with Gasteiger partial charge in [0.2, 0.25) is 11.8 Å². The standard InChI is InChI=1S/C20H25N3O2/c1-4-16-10-8-9-13-18(16)22-19(24)14-23(3)15(2)20(25)21-17-11-6-5-7-12-17/h5-13,15H,4,14H2,1-3H3,(H,21,25)(H,22,24)/t15-/m1/s1. The largest absolute Gasteiger partial charge is 0.325 e. The molecule has 0 aromatic heterocycles. The Kier molecular flexibility index (Phi) is 6.71. The number of para-hydroxylation sites is 2. The van der Waals surface area contributed by atoms with E-state index in [1.165, 1.54) is 0 Å². The third-order valence-corrected chi connectivity index (χ3v) is 4.15. The molecule has 0 saturated heterocycles. The van der Waals surface area contributed by atoms with Crippen molar-refractivity contribution in [2.24, 2.45) is 0 Å². The van der Waals surface area contributed by atoms with E-state index in [9.17, 15) is 9.59 Å². The summed E-state index contributed by atoms with van der Waals surface area (Å²) in [6.45, 7) is 3.97. The molecule has 2 rings (SSSR count). The number of likely N-dealkylation sites (N-methyl/N-ethyl adjacent to an activating group) is 1. The molecule has 1 atom stereocenters. The van der Waals surface area contributed by atoms with Crippen molar-refractivity contribution in [2.45, 2.75) is 26.3 Å². The van der Waals surface area contributed by atoms with Crippen molar-refractivity contribution in [2.75, 3.05) is 24.2 Å². The highest BCUT2D eigenvalue weighted by molar-refractivity contribution is 5.96. The molecule has 0 aliphatic carbocycles. The van der Waals surface area contributed by atoms with E-state index >= 15 is 0 Å². The van der Waals surface area contributed by atoms with Crippen LogP contribution in [-0.4, -0.2) is 36.3 Å². The van der Waals surface area contributed by atoms with Crippen molar-refractivity contribution in [3.05, 3.63) is 60.2 Å². The first-order valence-electron chi connectivity index (χ1n) is 8.45. The Morgan fingerprint density at radius 2 is 1.64 bits per heavy atom. The first kappa shape index (κ1) is 18.7. The van der Waals surface area contributed by atoms with E-state index < -0.39 is 6.04 Å². The fourth-order valence-corrected chi connectivity index (χ4v) is 2.47. The number of hydrogen-bond donors (Lipinski definition) is 2. The highest BCUT2D eigenvalue weighted by atomic mass is 16.2. The SMILES string of the molecule is CCc1ccccc1NC(=O)CN(C)[C@H](C)C(=O)Nc1ccccc1. The van der Waals surface area contributed by atoms with Gasteiger partial charge in [0.1, 0.15) is 0 Å². The van der Waals surface area contributed by atoms with Gasteiger partial charge in [0.25, 0.3) is 0 Å². The van der Waals surface area contributed by atoms with Crippen LogP contribution in [-0.2, 0) is 16.0 Å². The molecule has 0 saturated carbocycles. The number of aryl methyl sites for hydroxylation is 1. The average Bonchev–Trinajstić information content (AvgIpc) is 2.62. The molecule has 0 aliphatic heterocycles. The normalized spacial score (nSPS) is 11.8. The molecule has 0 unspecified atom stereocenters. The van der Waals surface area contributed by atoms with Gasteiger partial charge in [-0.3, -0.25) is 14.5 Å². The van der Waals surface area contributed by atoms with E-state index in [4.69, 9.17) is 0 Å². The van der Waals surface area contributed by atoms with Crippen molar-refractivity contribution in [3.8, 4) is 0 Å². The second-order valence-corrected chi connectivity index (χ2v) is 6.01. The van der Waals surface area contributed by atoms with Crippen LogP contribution in [0.1, 0.15) is 19.4 Å². The Balaban J connectivity index is 1.90. The summed E-state index contributed by atoms with van der Waals surface area (Å²) in [7, 11) is 1.76. The van der Waals surface area contributed by atoms with Crippen LogP contribution in [0, 0.1) is 0 Å². The molecule has 25 heavy (non-hydrogen) atoms. The maximum atomic E-state index is 12.3. The van der Waals surface area contributed by atoms with Crippen molar-refractivity contribution < 1.29 is 9.59 Å². The summed E-state index contributed by atoms with van der Waals surface area (Å²) in [6.07, 6.45) is 0.849. The van der Waals surface area contributed by atoms with Crippen LogP contribution in [0.5, 0.6) is 0 Å². The summed E-state index contributed by atoms with van der Waals surface area (Å²) in [6, 6.07) is 16.6. The third kappa shape index (κ3) is 5.43. The predicted molar refractivity (Wildman–Crippen MR) is 102 cm³/mol. The van der Waals surface area contributed by atoms with Gasteiger partial charge < -0.3 is 10.6 Å². The Morgan fingerprint density at radius 1 is 1.00 bits per heavy atom. The second kappa shape index (κ2) is 8.99. The molecule has 5 heteroatoms. The predicted octanol–water partition coefficient (Wildman–Crippen LogP) is 3.15. The van der Waals surface area contributed by atoms with Crippen LogP contribution >= 0.6 is 0 Å². The lowest BCUT2D eigenvalue weighted by molar-refractivity contribution is -0.122. The molecule has 2 aromatic rings. The minimum atomic E-state index is -0.424. The fourth-order valence-electron chi connectivity index (χ4n) is 2.47. The van der Waals surface area contributed by atoms with Gasteiger partial charge in [0.15, 0.2) is 0 Å². The molecule has 2 N–H and O–H groups in total. The Morgan fingerprint density at radius 3 is 2.32 bits per heavy atom. The fraction of sp³-hybridized carbons (Fsp3) is 0.300. The molecular formula is C20H25N3O2. The van der Waals surface area contributed by atoms with E-state index in [0.29, 0.717) is 0 Å². The highest BCUT2D eigenvalue weighted by Gasteiger charge is 2.20. The zero-order chi connectivity index (χ0) is 18.2. The second-order valence-electron chi connectivity index (χ2n) is 6.01. The Hall–Kier alpha value is -2.66. The summed E-state index contributed by atoms with van der Waals surface area (Å²) in [4.78, 5) is 26.3. The van der Waals surface area contributed by atoms with Crippen LogP contribution < -0.4 is 10.6 Å². The quantitative estimate of drug-likeness (QED) is 0.815. The topological polar surface area (TPSA) is 61.4 Å². The first-order valence-corrected chi connectivity index (χ1v) is 8.45. The van der Waals surface area contributed by atoms with Gasteiger partial charge in [0, 0.05) is 11.4 Å². The van der Waals surface area contributed by atoms with E-state index in [1.54, 1.807) is 18.9 Å². The first-order chi connectivity index (χ1) is 12.0. The average molecular weight is 339 g/mol. The van der Waals surface area contributed by atoms with Crippen molar-refractivity contribution in [1.29, 1.82) is 0 Å². The summed E-state index contributed by atoms with van der Waals surface area (Å²) in [5.41, 5.74) is 2.66. The summed E-state index contributed by atoms with van der Waals surface area (Å²) in [5, 5.41) is 5.78. The molecule has 2 amide bonds. The van der Waals surface area contributed by atoms with Gasteiger partial charge in [-0.1, -0.05) is 43.3 Å². The van der Waals surface area contributed by atoms with Gasteiger partial charge in [-0.15, -0.1) is 0 Å². The maximum Gasteiger partial charge on any atom is 0.241 e. The lowest BCUT2D eigenvalue weighted by Crippen LogP contribution is -2.43. The highest BCUT2D eigenvalue weighted by Crippen LogP contribution is 2.15. The zero-order valence-electron chi connectivity index (χ0n) is 15.0. The molecule has 132 valence electrons. The van der Waals surface area contributed by atoms with Gasteiger partial charge in [-0.2, -0.15) is 0 Å². The van der Waals surface area contributed by atoms with Crippen LogP contribution in [0.3, 0.4) is 0 Å². The molecule has 0 fully saturated rings. The van der Waals surface area contributed by atoms with Crippen molar-refractivity contribution in [1.82, 2.24) is 4.90 Å². The molecule has 2 aromatic carbocycles. The number of hydrogen-bond acceptors (Lipinski definition) is 3. The maximum absolute atomic E-state index is 12.3. The number of anilines is 2. The molecule has 0 bridgehead atoms. The number of amides is 2. The van der Waals surface area contributed by atoms with Crippen LogP contribution in [0.25, 0.3) is 0 Å². The number of carbonyl (C=O) groups excluding carboxylic acids is 2. The molecule has 5 nitrogen and oxygen atoms in total. The van der Waals surface area contributed by atoms with Gasteiger partial charge in [-0.25, -0.2) is 0 Å². The smallest absolute Gasteiger partial charge is 0.241 e. The van der Waals surface area contributed by atoms with Gasteiger partial charge >= 0.3 is 0 Å². The van der Waals surface area contributed by atoms with E-state index in [1.807, 2.05) is 61.5 Å². The van der Waals surface area contributed by atoms with Gasteiger partial charge in [-0.05, 0) is 44.2 Å². The van der Waals surface area contributed by atoms with Crippen molar-refractivity contribution >= 4 is 23.2 Å². The summed E-state index contributed by atoms with van der Waals surface area (Å²) >= 11 is 0. The van der Waals surface area contributed by atoms with Crippen LogP contribution in [0.15, 0.2) is 54.6 Å². The minimum Gasteiger partial charge on any atom is -0.325 e. The molecule has 0 aliphatic rings. The van der Waals surface area contributed by atoms with Crippen LogP contribution in [0.2, 0.25) is 0 Å². The number of rotatable bonds is 7. The van der Waals surface area contributed by atoms with E-state index in [0.717, 1.165) is 23.4 Å². The number of nitrogens with zero attached hydrogens (tertiary/aromatic N) is 1. The molecule has 0 spiro atoms. The summed E-state index contributed by atoms with van der Waals surface area (Å²) in [5.74, 6) is -0.279. The summed E-state index contributed by atoms with van der Waals surface area (Å²) < 4.78 is 0. The Labute approximate surface area is 149 Å². The monoisotopic (exact) mass is 339 g/mol. The van der Waals surface area contributed by atoms with Crippen LogP contribution in [0.4, 0.5) is 11.4 Å². The molecular weight excluding hydrogens is 314 g/mol. The van der Waals surface area contributed by atoms with E-state index in [-0.39, 0.29) is 18.4 Å². The molecule has 0 heterocycles. The minimum absolute atomic E-state index is 0.136. The lowest BCUT2D eigenvalue weighted by atomic mass is 10.1. The number of benzene rings is 2. The van der Waals surface area contributed by atoms with Crippen molar-refractivity contribution in [3.63, 3.8) is 0 Å². The molecule has 0 radical (unpaired) electrons. The van der Waals surface area contributed by atoms with E-state index in [2.05, 4.69) is 10.6 Å². The number of carbonyl (C=O) groups is 2. The third-order valence-electron chi connectivity index (χ3n) is 4.15. The lowest BCUT2D eigenvalue weighted by Gasteiger charge is -2.23.